The Morgan fingerprint density at radius 1 is 1.04 bits per heavy atom. The first-order valence-electron chi connectivity index (χ1n) is 8.47. The zero-order valence-corrected chi connectivity index (χ0v) is 15.7. The van der Waals surface area contributed by atoms with Crippen LogP contribution in [0.5, 0.6) is 0 Å². The van der Waals surface area contributed by atoms with Crippen molar-refractivity contribution >= 4 is 23.4 Å². The fraction of sp³-hybridized carbons (Fsp3) is 0.611. The van der Waals surface area contributed by atoms with Gasteiger partial charge in [0.2, 0.25) is 0 Å². The summed E-state index contributed by atoms with van der Waals surface area (Å²) in [5, 5.41) is 6.76. The average Bonchev–Trinajstić information content (AvgIpc) is 2.60. The molecule has 0 bridgehead atoms. The monoisotopic (exact) mass is 336 g/mol. The van der Waals surface area contributed by atoms with Crippen LogP contribution in [0.25, 0.3) is 0 Å². The molecule has 23 heavy (non-hydrogen) atoms. The predicted octanol–water partition coefficient (Wildman–Crippen LogP) is 3.21. The van der Waals surface area contributed by atoms with Crippen molar-refractivity contribution in [3.05, 3.63) is 30.3 Å². The molecule has 0 amide bonds. The third-order valence-electron chi connectivity index (χ3n) is 3.70. The minimum atomic E-state index is 0.922. The zero-order chi connectivity index (χ0) is 16.8. The van der Waals surface area contributed by atoms with Crippen molar-refractivity contribution in [1.29, 1.82) is 0 Å². The topological polar surface area (TPSA) is 39.7 Å². The predicted molar refractivity (Wildman–Crippen MR) is 106 cm³/mol. The van der Waals surface area contributed by atoms with E-state index in [0.717, 1.165) is 32.0 Å². The highest BCUT2D eigenvalue weighted by Crippen LogP contribution is 2.11. The van der Waals surface area contributed by atoms with E-state index < -0.39 is 0 Å². The summed E-state index contributed by atoms with van der Waals surface area (Å²) in [6.45, 7) is 3.04. The molecule has 0 saturated heterocycles. The number of para-hydroxylation sites is 1. The number of nitrogens with zero attached hydrogens (tertiary/aromatic N) is 2. The zero-order valence-electron chi connectivity index (χ0n) is 14.8. The number of hydrogen-bond donors (Lipinski definition) is 2. The Kier molecular flexibility index (Phi) is 11.2. The minimum Gasteiger partial charge on any atom is -0.375 e. The van der Waals surface area contributed by atoms with Crippen LogP contribution in [0, 0.1) is 0 Å². The molecule has 0 spiro atoms. The summed E-state index contributed by atoms with van der Waals surface area (Å²) in [5.41, 5.74) is 1.28. The molecule has 0 saturated carbocycles. The normalized spacial score (nSPS) is 11.3. The van der Waals surface area contributed by atoms with Crippen molar-refractivity contribution in [3.63, 3.8) is 0 Å². The van der Waals surface area contributed by atoms with E-state index in [1.54, 1.807) is 0 Å². The quantitative estimate of drug-likeness (QED) is 0.370. The van der Waals surface area contributed by atoms with Crippen LogP contribution in [0.15, 0.2) is 35.3 Å². The molecule has 0 aliphatic rings. The molecule has 130 valence electrons. The molecular formula is C18H32N4S. The molecule has 0 atom stereocenters. The van der Waals surface area contributed by atoms with E-state index in [-0.39, 0.29) is 0 Å². The van der Waals surface area contributed by atoms with E-state index in [0.29, 0.717) is 0 Å². The molecule has 0 aliphatic heterocycles. The number of nitrogens with one attached hydrogen (secondary N) is 2. The van der Waals surface area contributed by atoms with Crippen LogP contribution in [0.2, 0.25) is 0 Å². The Morgan fingerprint density at radius 3 is 2.30 bits per heavy atom. The maximum Gasteiger partial charge on any atom is 0.190 e. The summed E-state index contributed by atoms with van der Waals surface area (Å²) in [6.07, 6.45) is 6.93. The van der Waals surface area contributed by atoms with Gasteiger partial charge >= 0.3 is 0 Å². The van der Waals surface area contributed by atoms with Crippen molar-refractivity contribution < 1.29 is 0 Å². The second-order valence-electron chi connectivity index (χ2n) is 5.59. The van der Waals surface area contributed by atoms with Crippen LogP contribution in [0.3, 0.4) is 0 Å². The lowest BCUT2D eigenvalue weighted by molar-refractivity contribution is 0.679. The highest BCUT2D eigenvalue weighted by Gasteiger charge is 2.00. The lowest BCUT2D eigenvalue weighted by Gasteiger charge is -2.19. The molecule has 1 aromatic carbocycles. The molecule has 0 radical (unpaired) electrons. The molecule has 4 nitrogen and oxygen atoms in total. The molecule has 1 rings (SSSR count). The fourth-order valence-electron chi connectivity index (χ4n) is 2.29. The van der Waals surface area contributed by atoms with E-state index in [4.69, 9.17) is 0 Å². The van der Waals surface area contributed by atoms with Crippen LogP contribution >= 0.6 is 11.8 Å². The van der Waals surface area contributed by atoms with E-state index >= 15 is 0 Å². The molecule has 0 aromatic heterocycles. The largest absolute Gasteiger partial charge is 0.375 e. The average molecular weight is 337 g/mol. The number of unbranched alkanes of at least 4 members (excludes halogenated alkanes) is 2. The van der Waals surface area contributed by atoms with Crippen molar-refractivity contribution in [2.45, 2.75) is 25.7 Å². The summed E-state index contributed by atoms with van der Waals surface area (Å²) in [5.74, 6) is 2.16. The third kappa shape index (κ3) is 9.39. The van der Waals surface area contributed by atoms with E-state index in [1.807, 2.05) is 18.8 Å². The van der Waals surface area contributed by atoms with Crippen LogP contribution in [-0.4, -0.2) is 51.7 Å². The maximum absolute atomic E-state index is 4.26. The first kappa shape index (κ1) is 19.7. The van der Waals surface area contributed by atoms with Crippen molar-refractivity contribution in [1.82, 2.24) is 10.6 Å². The lowest BCUT2D eigenvalue weighted by atomic mass is 10.2. The maximum atomic E-state index is 4.26. The minimum absolute atomic E-state index is 0.922. The molecule has 2 N–H and O–H groups in total. The highest BCUT2D eigenvalue weighted by molar-refractivity contribution is 7.98. The van der Waals surface area contributed by atoms with Gasteiger partial charge in [0.1, 0.15) is 0 Å². The second kappa shape index (κ2) is 13.1. The van der Waals surface area contributed by atoms with Crippen molar-refractivity contribution in [3.8, 4) is 0 Å². The van der Waals surface area contributed by atoms with Crippen molar-refractivity contribution in [2.24, 2.45) is 4.99 Å². The summed E-state index contributed by atoms with van der Waals surface area (Å²) in [4.78, 5) is 6.57. The first-order chi connectivity index (χ1) is 11.3. The standard InChI is InChI=1S/C18H32N4S/c1-19-18(21-14-8-10-16-23-3)20-13-7-9-15-22(2)17-11-5-4-6-12-17/h4-6,11-12H,7-10,13-16H2,1-3H3,(H2,19,20,21). The van der Waals surface area contributed by atoms with Gasteiger partial charge in [0.15, 0.2) is 5.96 Å². The van der Waals surface area contributed by atoms with Gasteiger partial charge in [-0.2, -0.15) is 11.8 Å². The molecule has 5 heteroatoms. The number of benzene rings is 1. The van der Waals surface area contributed by atoms with Gasteiger partial charge in [-0.15, -0.1) is 0 Å². The number of hydrogen-bond acceptors (Lipinski definition) is 3. The smallest absolute Gasteiger partial charge is 0.190 e. The molecule has 0 aliphatic carbocycles. The Morgan fingerprint density at radius 2 is 1.70 bits per heavy atom. The van der Waals surface area contributed by atoms with Gasteiger partial charge in [0.25, 0.3) is 0 Å². The molecule has 1 aromatic rings. The summed E-state index contributed by atoms with van der Waals surface area (Å²) < 4.78 is 0. The van der Waals surface area contributed by atoms with E-state index in [1.165, 1.54) is 30.7 Å². The van der Waals surface area contributed by atoms with Crippen LogP contribution in [-0.2, 0) is 0 Å². The Bertz CT molecular complexity index is 422. The second-order valence-corrected chi connectivity index (χ2v) is 6.58. The summed E-state index contributed by atoms with van der Waals surface area (Å²) >= 11 is 1.91. The Balaban J connectivity index is 2.06. The van der Waals surface area contributed by atoms with Crippen LogP contribution in [0.4, 0.5) is 5.69 Å². The van der Waals surface area contributed by atoms with Gasteiger partial charge in [-0.05, 0) is 49.8 Å². The highest BCUT2D eigenvalue weighted by atomic mass is 32.2. The lowest BCUT2D eigenvalue weighted by Crippen LogP contribution is -2.38. The van der Waals surface area contributed by atoms with Gasteiger partial charge in [0, 0.05) is 39.4 Å². The van der Waals surface area contributed by atoms with Crippen LogP contribution in [0.1, 0.15) is 25.7 Å². The van der Waals surface area contributed by atoms with Crippen LogP contribution < -0.4 is 15.5 Å². The van der Waals surface area contributed by atoms with Gasteiger partial charge < -0.3 is 15.5 Å². The van der Waals surface area contributed by atoms with Gasteiger partial charge in [-0.25, -0.2) is 0 Å². The number of rotatable bonds is 11. The van der Waals surface area contributed by atoms with Gasteiger partial charge in [-0.1, -0.05) is 18.2 Å². The number of aliphatic imine (C=N–C) groups is 1. The fourth-order valence-corrected chi connectivity index (χ4v) is 2.78. The third-order valence-corrected chi connectivity index (χ3v) is 4.40. The number of thioether (sulfide) groups is 1. The molecular weight excluding hydrogens is 304 g/mol. The van der Waals surface area contributed by atoms with Crippen molar-refractivity contribution in [2.75, 3.05) is 50.6 Å². The van der Waals surface area contributed by atoms with E-state index in [2.05, 4.69) is 64.2 Å². The number of guanidine groups is 1. The first-order valence-corrected chi connectivity index (χ1v) is 9.87. The molecule has 0 fully saturated rings. The summed E-state index contributed by atoms with van der Waals surface area (Å²) in [6, 6.07) is 10.5. The van der Waals surface area contributed by atoms with E-state index in [9.17, 15) is 0 Å². The van der Waals surface area contributed by atoms with Gasteiger partial charge in [-0.3, -0.25) is 4.99 Å². The Labute approximate surface area is 146 Å². The SMILES string of the molecule is CN=C(NCCCCSC)NCCCCN(C)c1ccccc1. The Hall–Kier alpha value is -1.36. The number of anilines is 1. The molecule has 0 unspecified atom stereocenters. The van der Waals surface area contributed by atoms with Gasteiger partial charge in [0.05, 0.1) is 0 Å². The molecule has 0 heterocycles. The summed E-state index contributed by atoms with van der Waals surface area (Å²) in [7, 11) is 3.98.